The van der Waals surface area contributed by atoms with Crippen LogP contribution in [0.1, 0.15) is 10.6 Å². The highest BCUT2D eigenvalue weighted by molar-refractivity contribution is 5.96. The Kier molecular flexibility index (Phi) is 3.10. The molecule has 0 spiro atoms. The first-order chi connectivity index (χ1) is 8.13. The van der Waals surface area contributed by atoms with Crippen molar-refractivity contribution in [3.05, 3.63) is 35.8 Å². The van der Waals surface area contributed by atoms with E-state index in [1.165, 1.54) is 17.0 Å². The molecule has 0 fully saturated rings. The summed E-state index contributed by atoms with van der Waals surface area (Å²) >= 11 is 0. The van der Waals surface area contributed by atoms with E-state index in [4.69, 9.17) is 9.52 Å². The van der Waals surface area contributed by atoms with Crippen molar-refractivity contribution in [1.82, 2.24) is 4.90 Å². The number of fused-ring (bicyclic) bond motifs is 1. The number of aliphatic hydroxyl groups excluding tert-OH is 1. The fraction of sp³-hybridized carbons (Fsp3) is 0.250. The van der Waals surface area contributed by atoms with Crippen LogP contribution >= 0.6 is 0 Å². The van der Waals surface area contributed by atoms with Crippen molar-refractivity contribution in [2.75, 3.05) is 20.2 Å². The third-order valence-corrected chi connectivity index (χ3v) is 2.49. The highest BCUT2D eigenvalue weighted by atomic mass is 19.1. The third-order valence-electron chi connectivity index (χ3n) is 2.49. The molecule has 0 radical (unpaired) electrons. The van der Waals surface area contributed by atoms with Gasteiger partial charge in [0, 0.05) is 19.0 Å². The summed E-state index contributed by atoms with van der Waals surface area (Å²) in [7, 11) is 1.54. The summed E-state index contributed by atoms with van der Waals surface area (Å²) in [5, 5.41) is 9.28. The van der Waals surface area contributed by atoms with Crippen LogP contribution in [0.25, 0.3) is 11.0 Å². The maximum atomic E-state index is 13.4. The van der Waals surface area contributed by atoms with Gasteiger partial charge in [-0.3, -0.25) is 4.79 Å². The van der Waals surface area contributed by atoms with E-state index in [9.17, 15) is 9.18 Å². The minimum atomic E-state index is -0.494. The molecule has 1 aromatic heterocycles. The number of nitrogens with zero attached hydrogens (tertiary/aromatic N) is 1. The summed E-state index contributed by atoms with van der Waals surface area (Å²) < 4.78 is 18.5. The van der Waals surface area contributed by atoms with Crippen molar-refractivity contribution in [2.45, 2.75) is 0 Å². The highest BCUT2D eigenvalue weighted by Crippen LogP contribution is 2.22. The minimum Gasteiger partial charge on any atom is -0.448 e. The number of amides is 1. The highest BCUT2D eigenvalue weighted by Gasteiger charge is 2.17. The second-order valence-electron chi connectivity index (χ2n) is 3.72. The quantitative estimate of drug-likeness (QED) is 0.882. The molecule has 0 saturated carbocycles. The van der Waals surface area contributed by atoms with E-state index >= 15 is 0 Å². The summed E-state index contributed by atoms with van der Waals surface area (Å²) in [5.74, 6) is -0.804. The van der Waals surface area contributed by atoms with Gasteiger partial charge in [-0.1, -0.05) is 12.1 Å². The van der Waals surface area contributed by atoms with Crippen LogP contribution in [0.15, 0.2) is 28.7 Å². The number of para-hydroxylation sites is 1. The van der Waals surface area contributed by atoms with Crippen molar-refractivity contribution >= 4 is 16.9 Å². The van der Waals surface area contributed by atoms with Gasteiger partial charge in [0.15, 0.2) is 17.2 Å². The maximum Gasteiger partial charge on any atom is 0.289 e. The number of carbonyl (C=O) groups is 1. The van der Waals surface area contributed by atoms with E-state index in [0.29, 0.717) is 5.39 Å². The van der Waals surface area contributed by atoms with Gasteiger partial charge in [0.2, 0.25) is 0 Å². The number of aliphatic hydroxyl groups is 1. The Morgan fingerprint density at radius 3 is 2.94 bits per heavy atom. The van der Waals surface area contributed by atoms with Crippen LogP contribution < -0.4 is 0 Å². The molecule has 0 saturated heterocycles. The van der Waals surface area contributed by atoms with Crippen LogP contribution in [0.4, 0.5) is 4.39 Å². The molecule has 0 aliphatic carbocycles. The number of rotatable bonds is 3. The van der Waals surface area contributed by atoms with Crippen LogP contribution in [0.5, 0.6) is 0 Å². The number of hydrogen-bond acceptors (Lipinski definition) is 3. The van der Waals surface area contributed by atoms with Gasteiger partial charge in [-0.05, 0) is 12.1 Å². The first kappa shape index (κ1) is 11.6. The third kappa shape index (κ3) is 2.14. The molecular weight excluding hydrogens is 225 g/mol. The number of halogens is 1. The van der Waals surface area contributed by atoms with Gasteiger partial charge in [-0.2, -0.15) is 0 Å². The number of carbonyl (C=O) groups excluding carboxylic acids is 1. The zero-order valence-electron chi connectivity index (χ0n) is 9.31. The summed E-state index contributed by atoms with van der Waals surface area (Å²) in [4.78, 5) is 13.1. The Bertz CT molecular complexity index is 550. The molecule has 1 aromatic carbocycles. The molecular formula is C12H12FNO3. The van der Waals surface area contributed by atoms with Crippen LogP contribution in [0.3, 0.4) is 0 Å². The summed E-state index contributed by atoms with van der Waals surface area (Å²) in [5.41, 5.74) is 0.0771. The summed E-state index contributed by atoms with van der Waals surface area (Å²) in [6.07, 6.45) is 0. The van der Waals surface area contributed by atoms with E-state index < -0.39 is 5.82 Å². The molecule has 1 heterocycles. The van der Waals surface area contributed by atoms with Crippen molar-refractivity contribution in [1.29, 1.82) is 0 Å². The van der Waals surface area contributed by atoms with Crippen molar-refractivity contribution in [3.8, 4) is 0 Å². The van der Waals surface area contributed by atoms with Crippen LogP contribution in [0.2, 0.25) is 0 Å². The first-order valence-electron chi connectivity index (χ1n) is 5.18. The number of benzene rings is 1. The Morgan fingerprint density at radius 2 is 2.29 bits per heavy atom. The predicted octanol–water partition coefficient (Wildman–Crippen LogP) is 1.64. The molecule has 1 amide bonds. The largest absolute Gasteiger partial charge is 0.448 e. The van der Waals surface area contributed by atoms with Crippen molar-refractivity contribution < 1.29 is 18.7 Å². The average Bonchev–Trinajstić information content (AvgIpc) is 2.73. The second kappa shape index (κ2) is 4.55. The zero-order valence-corrected chi connectivity index (χ0v) is 9.31. The first-order valence-corrected chi connectivity index (χ1v) is 5.18. The number of furan rings is 1. The van der Waals surface area contributed by atoms with Gasteiger partial charge in [0.1, 0.15) is 0 Å². The summed E-state index contributed by atoms with van der Waals surface area (Å²) in [6.45, 7) is 0.0786. The molecule has 5 heteroatoms. The van der Waals surface area contributed by atoms with Gasteiger partial charge in [-0.15, -0.1) is 0 Å². The Hall–Kier alpha value is -1.88. The van der Waals surface area contributed by atoms with Crippen LogP contribution in [-0.4, -0.2) is 36.1 Å². The molecule has 0 aliphatic heterocycles. The van der Waals surface area contributed by atoms with E-state index in [0.717, 1.165) is 0 Å². The fourth-order valence-corrected chi connectivity index (χ4v) is 1.57. The molecule has 0 atom stereocenters. The lowest BCUT2D eigenvalue weighted by atomic mass is 10.2. The molecule has 4 nitrogen and oxygen atoms in total. The molecule has 1 N–H and O–H groups in total. The smallest absolute Gasteiger partial charge is 0.289 e. The van der Waals surface area contributed by atoms with Gasteiger partial charge >= 0.3 is 0 Å². The standard InChI is InChI=1S/C12H12FNO3/c1-14(5-6-15)12(16)10-7-8-3-2-4-9(13)11(8)17-10/h2-4,7,15H,5-6H2,1H3. The molecule has 2 aromatic rings. The number of likely N-dealkylation sites (N-methyl/N-ethyl adjacent to an activating group) is 1. The SMILES string of the molecule is CN(CCO)C(=O)c1cc2cccc(F)c2o1. The lowest BCUT2D eigenvalue weighted by molar-refractivity contribution is 0.0738. The molecule has 2 rings (SSSR count). The monoisotopic (exact) mass is 237 g/mol. The van der Waals surface area contributed by atoms with E-state index in [1.807, 2.05) is 0 Å². The van der Waals surface area contributed by atoms with Crippen LogP contribution in [-0.2, 0) is 0 Å². The molecule has 0 unspecified atom stereocenters. The van der Waals surface area contributed by atoms with Crippen molar-refractivity contribution in [2.24, 2.45) is 0 Å². The average molecular weight is 237 g/mol. The Morgan fingerprint density at radius 1 is 1.53 bits per heavy atom. The van der Waals surface area contributed by atoms with Crippen LogP contribution in [0, 0.1) is 5.82 Å². The van der Waals surface area contributed by atoms with Gasteiger partial charge < -0.3 is 14.4 Å². The Labute approximate surface area is 97.2 Å². The Balaban J connectivity index is 2.37. The lowest BCUT2D eigenvalue weighted by Gasteiger charge is -2.13. The van der Waals surface area contributed by atoms with Gasteiger partial charge in [0.25, 0.3) is 5.91 Å². The lowest BCUT2D eigenvalue weighted by Crippen LogP contribution is -2.29. The molecule has 0 bridgehead atoms. The van der Waals surface area contributed by atoms with Gasteiger partial charge in [-0.25, -0.2) is 4.39 Å². The van der Waals surface area contributed by atoms with E-state index in [-0.39, 0.29) is 30.4 Å². The van der Waals surface area contributed by atoms with Gasteiger partial charge in [0.05, 0.1) is 6.61 Å². The topological polar surface area (TPSA) is 53.7 Å². The van der Waals surface area contributed by atoms with E-state index in [2.05, 4.69) is 0 Å². The normalized spacial score (nSPS) is 10.8. The van der Waals surface area contributed by atoms with E-state index in [1.54, 1.807) is 19.2 Å². The second-order valence-corrected chi connectivity index (χ2v) is 3.72. The minimum absolute atomic E-state index is 0.0704. The van der Waals surface area contributed by atoms with Crippen molar-refractivity contribution in [3.63, 3.8) is 0 Å². The molecule has 90 valence electrons. The zero-order chi connectivity index (χ0) is 12.4. The molecule has 17 heavy (non-hydrogen) atoms. The number of hydrogen-bond donors (Lipinski definition) is 1. The summed E-state index contributed by atoms with van der Waals surface area (Å²) in [6, 6.07) is 6.00. The predicted molar refractivity (Wildman–Crippen MR) is 60.2 cm³/mol. The fourth-order valence-electron chi connectivity index (χ4n) is 1.57. The molecule has 0 aliphatic rings. The maximum absolute atomic E-state index is 13.4.